The van der Waals surface area contributed by atoms with Gasteiger partial charge in [-0.3, -0.25) is 10.2 Å². The van der Waals surface area contributed by atoms with Gasteiger partial charge in [0.05, 0.1) is 5.92 Å². The lowest BCUT2D eigenvalue weighted by Gasteiger charge is -2.30. The molecule has 3 heteroatoms. The summed E-state index contributed by atoms with van der Waals surface area (Å²) in [6.45, 7) is 1.000. The van der Waals surface area contributed by atoms with Crippen LogP contribution in [-0.4, -0.2) is 23.5 Å². The van der Waals surface area contributed by atoms with Crippen molar-refractivity contribution in [2.75, 3.05) is 6.54 Å². The van der Waals surface area contributed by atoms with Gasteiger partial charge in [0.1, 0.15) is 0 Å². The summed E-state index contributed by atoms with van der Waals surface area (Å²) in [6.07, 6.45) is 3.55. The highest BCUT2D eigenvalue weighted by molar-refractivity contribution is 5.86. The Morgan fingerprint density at radius 3 is 2.81 bits per heavy atom. The number of amides is 1. The molecule has 2 aliphatic heterocycles. The van der Waals surface area contributed by atoms with E-state index in [1.54, 1.807) is 0 Å². The van der Waals surface area contributed by atoms with E-state index in [4.69, 9.17) is 0 Å². The van der Waals surface area contributed by atoms with Gasteiger partial charge in [-0.05, 0) is 18.4 Å². The summed E-state index contributed by atoms with van der Waals surface area (Å²) < 4.78 is 0. The number of piperidine rings is 1. The smallest absolute Gasteiger partial charge is 0.243 e. The predicted molar refractivity (Wildman–Crippen MR) is 61.7 cm³/mol. The van der Waals surface area contributed by atoms with Gasteiger partial charge in [-0.25, -0.2) is 5.01 Å². The number of nitrogens with one attached hydrogen (secondary N) is 1. The number of nitrogens with zero attached hydrogens (tertiary/aromatic N) is 1. The minimum atomic E-state index is 0.0292. The third-order valence-corrected chi connectivity index (χ3v) is 3.63. The Hall–Kier alpha value is -1.35. The molecule has 0 aliphatic carbocycles. The molecule has 0 bridgehead atoms. The van der Waals surface area contributed by atoms with Gasteiger partial charge in [-0.2, -0.15) is 0 Å². The van der Waals surface area contributed by atoms with Gasteiger partial charge in [0, 0.05) is 12.6 Å². The van der Waals surface area contributed by atoms with Crippen LogP contribution in [-0.2, 0) is 4.79 Å². The van der Waals surface area contributed by atoms with Gasteiger partial charge in [0.2, 0.25) is 5.91 Å². The third-order valence-electron chi connectivity index (χ3n) is 3.63. The zero-order valence-corrected chi connectivity index (χ0v) is 9.23. The Labute approximate surface area is 95.4 Å². The first-order chi connectivity index (χ1) is 7.86. The van der Waals surface area contributed by atoms with E-state index in [0.29, 0.717) is 6.04 Å². The van der Waals surface area contributed by atoms with Crippen molar-refractivity contribution >= 4 is 5.91 Å². The van der Waals surface area contributed by atoms with E-state index in [9.17, 15) is 4.79 Å². The Kier molecular flexibility index (Phi) is 2.40. The molecule has 1 aromatic carbocycles. The predicted octanol–water partition coefficient (Wildman–Crippen LogP) is 1.67. The maximum Gasteiger partial charge on any atom is 0.243 e. The topological polar surface area (TPSA) is 32.3 Å². The van der Waals surface area contributed by atoms with Crippen molar-refractivity contribution in [3.63, 3.8) is 0 Å². The van der Waals surface area contributed by atoms with Gasteiger partial charge >= 0.3 is 0 Å². The molecule has 1 N–H and O–H groups in total. The fourth-order valence-electron chi connectivity index (χ4n) is 2.86. The van der Waals surface area contributed by atoms with Crippen molar-refractivity contribution in [2.24, 2.45) is 0 Å². The fourth-order valence-corrected chi connectivity index (χ4v) is 2.86. The second-order valence-electron chi connectivity index (χ2n) is 4.62. The zero-order chi connectivity index (χ0) is 11.0. The molecule has 1 aromatic rings. The van der Waals surface area contributed by atoms with Crippen molar-refractivity contribution in [3.05, 3.63) is 35.9 Å². The normalized spacial score (nSPS) is 29.9. The zero-order valence-electron chi connectivity index (χ0n) is 9.23. The van der Waals surface area contributed by atoms with E-state index in [1.807, 2.05) is 18.2 Å². The first-order valence-electron chi connectivity index (χ1n) is 5.98. The van der Waals surface area contributed by atoms with Crippen molar-refractivity contribution in [1.82, 2.24) is 10.4 Å². The molecule has 84 valence electrons. The molecular formula is C13H16N2O. The van der Waals surface area contributed by atoms with Crippen molar-refractivity contribution < 1.29 is 4.79 Å². The number of rotatable bonds is 1. The van der Waals surface area contributed by atoms with Crippen LogP contribution in [0.4, 0.5) is 0 Å². The van der Waals surface area contributed by atoms with E-state index in [0.717, 1.165) is 18.5 Å². The van der Waals surface area contributed by atoms with Crippen LogP contribution in [0.5, 0.6) is 0 Å². The average molecular weight is 216 g/mol. The summed E-state index contributed by atoms with van der Waals surface area (Å²) in [5, 5.41) is 2.13. The summed E-state index contributed by atoms with van der Waals surface area (Å²) in [5.41, 5.74) is 4.15. The van der Waals surface area contributed by atoms with E-state index in [2.05, 4.69) is 22.6 Å². The molecule has 16 heavy (non-hydrogen) atoms. The van der Waals surface area contributed by atoms with Crippen LogP contribution in [0.3, 0.4) is 0 Å². The molecule has 0 unspecified atom stereocenters. The number of hydrogen-bond acceptors (Lipinski definition) is 2. The molecule has 2 aliphatic rings. The van der Waals surface area contributed by atoms with Crippen LogP contribution in [0.1, 0.15) is 30.7 Å². The number of carbonyl (C=O) groups is 1. The van der Waals surface area contributed by atoms with E-state index < -0.39 is 0 Å². The lowest BCUT2D eigenvalue weighted by atomic mass is 9.87. The number of benzene rings is 1. The number of fused-ring (bicyclic) bond motifs is 1. The van der Waals surface area contributed by atoms with Crippen LogP contribution in [0.15, 0.2) is 30.3 Å². The Morgan fingerprint density at radius 2 is 2.00 bits per heavy atom. The first kappa shape index (κ1) is 9.85. The highest BCUT2D eigenvalue weighted by atomic mass is 16.2. The van der Waals surface area contributed by atoms with Gasteiger partial charge < -0.3 is 0 Å². The lowest BCUT2D eigenvalue weighted by Crippen LogP contribution is -2.41. The number of hydrogen-bond donors (Lipinski definition) is 1. The number of carbonyl (C=O) groups excluding carboxylic acids is 1. The second-order valence-corrected chi connectivity index (χ2v) is 4.62. The van der Waals surface area contributed by atoms with Gasteiger partial charge in [0.15, 0.2) is 0 Å². The highest BCUT2D eigenvalue weighted by Crippen LogP contribution is 2.33. The maximum atomic E-state index is 12.0. The average Bonchev–Trinajstić information content (AvgIpc) is 2.66. The first-order valence-corrected chi connectivity index (χ1v) is 5.98. The molecule has 2 fully saturated rings. The quantitative estimate of drug-likeness (QED) is 0.774. The minimum absolute atomic E-state index is 0.0292. The summed E-state index contributed by atoms with van der Waals surface area (Å²) in [7, 11) is 0. The van der Waals surface area contributed by atoms with Gasteiger partial charge in [-0.1, -0.05) is 36.8 Å². The van der Waals surface area contributed by atoms with Gasteiger partial charge in [0.25, 0.3) is 0 Å². The van der Waals surface area contributed by atoms with Crippen molar-refractivity contribution in [1.29, 1.82) is 0 Å². The summed E-state index contributed by atoms with van der Waals surface area (Å²) in [6, 6.07) is 10.5. The fraction of sp³-hybridized carbons (Fsp3) is 0.462. The van der Waals surface area contributed by atoms with Gasteiger partial charge in [-0.15, -0.1) is 0 Å². The monoisotopic (exact) mass is 216 g/mol. The second kappa shape index (κ2) is 3.91. The van der Waals surface area contributed by atoms with Crippen LogP contribution < -0.4 is 5.43 Å². The molecule has 0 radical (unpaired) electrons. The molecule has 1 amide bonds. The molecule has 0 spiro atoms. The minimum Gasteiger partial charge on any atom is -0.288 e. The Balaban J connectivity index is 1.91. The molecule has 2 atom stereocenters. The molecule has 3 rings (SSSR count). The molecule has 0 aromatic heterocycles. The SMILES string of the molecule is O=C1NN2CCCC[C@@H]2[C@H]1c1ccccc1. The van der Waals surface area contributed by atoms with Crippen LogP contribution >= 0.6 is 0 Å². The third kappa shape index (κ3) is 1.52. The standard InChI is InChI=1S/C13H16N2O/c16-13-12(10-6-2-1-3-7-10)11-8-4-5-9-15(11)14-13/h1-3,6-7,11-12H,4-5,8-9H2,(H,14,16)/t11-,12-/m1/s1. The van der Waals surface area contributed by atoms with Crippen LogP contribution in [0, 0.1) is 0 Å². The molecule has 0 saturated carbocycles. The Bertz CT molecular complexity index is 390. The summed E-state index contributed by atoms with van der Waals surface area (Å²) >= 11 is 0. The number of hydrazine groups is 1. The van der Waals surface area contributed by atoms with Crippen molar-refractivity contribution in [3.8, 4) is 0 Å². The molecule has 2 saturated heterocycles. The highest BCUT2D eigenvalue weighted by Gasteiger charge is 2.42. The molecule has 2 heterocycles. The molecular weight excluding hydrogens is 200 g/mol. The maximum absolute atomic E-state index is 12.0. The summed E-state index contributed by atoms with van der Waals surface area (Å²) in [5.74, 6) is 0.194. The van der Waals surface area contributed by atoms with Crippen LogP contribution in [0.2, 0.25) is 0 Å². The van der Waals surface area contributed by atoms with E-state index in [-0.39, 0.29) is 11.8 Å². The van der Waals surface area contributed by atoms with E-state index in [1.165, 1.54) is 12.8 Å². The summed E-state index contributed by atoms with van der Waals surface area (Å²) in [4.78, 5) is 12.0. The largest absolute Gasteiger partial charge is 0.288 e. The lowest BCUT2D eigenvalue weighted by molar-refractivity contribution is -0.122. The van der Waals surface area contributed by atoms with Crippen molar-refractivity contribution in [2.45, 2.75) is 31.2 Å². The Morgan fingerprint density at radius 1 is 1.19 bits per heavy atom. The van der Waals surface area contributed by atoms with Crippen LogP contribution in [0.25, 0.3) is 0 Å². The molecule has 3 nitrogen and oxygen atoms in total. The van der Waals surface area contributed by atoms with E-state index >= 15 is 0 Å².